The lowest BCUT2D eigenvalue weighted by atomic mass is 10.3. The molecule has 0 fully saturated rings. The van der Waals surface area contributed by atoms with Crippen molar-refractivity contribution in [2.24, 2.45) is 0 Å². The van der Waals surface area contributed by atoms with Crippen LogP contribution in [0, 0.1) is 6.92 Å². The lowest BCUT2D eigenvalue weighted by Gasteiger charge is -2.07. The summed E-state index contributed by atoms with van der Waals surface area (Å²) in [7, 11) is 0. The molecule has 0 radical (unpaired) electrons. The number of nitrogens with zero attached hydrogens (tertiary/aromatic N) is 4. The molecule has 0 saturated heterocycles. The van der Waals surface area contributed by atoms with Gasteiger partial charge in [0.1, 0.15) is 11.6 Å². The molecule has 0 bridgehead atoms. The number of thioether (sulfide) groups is 1. The fourth-order valence-corrected chi connectivity index (χ4v) is 2.45. The van der Waals surface area contributed by atoms with Gasteiger partial charge in [0.25, 0.3) is 0 Å². The second-order valence-corrected chi connectivity index (χ2v) is 5.66. The molecule has 3 aromatic rings. The zero-order valence-corrected chi connectivity index (χ0v) is 13.6. The third-order valence-corrected chi connectivity index (χ3v) is 3.64. The first-order valence-corrected chi connectivity index (χ1v) is 8.03. The van der Waals surface area contributed by atoms with Gasteiger partial charge in [-0.3, -0.25) is 14.9 Å². The minimum Gasteiger partial charge on any atom is -0.437 e. The molecular weight excluding hydrogens is 328 g/mol. The number of aromatic nitrogens is 5. The Kier molecular flexibility index (Phi) is 5.02. The molecule has 8 nitrogen and oxygen atoms in total. The fraction of sp³-hybridized carbons (Fsp3) is 0.133. The van der Waals surface area contributed by atoms with Crippen molar-refractivity contribution in [3.8, 4) is 11.6 Å². The molecule has 3 rings (SSSR count). The maximum atomic E-state index is 12.0. The number of rotatable bonds is 6. The first-order valence-electron chi connectivity index (χ1n) is 7.04. The summed E-state index contributed by atoms with van der Waals surface area (Å²) < 4.78 is 5.58. The Bertz CT molecular complexity index is 824. The molecule has 0 aliphatic heterocycles. The minimum atomic E-state index is -0.154. The van der Waals surface area contributed by atoms with Crippen LogP contribution in [-0.4, -0.2) is 36.8 Å². The number of aromatic amines is 1. The zero-order valence-electron chi connectivity index (χ0n) is 12.8. The first-order chi connectivity index (χ1) is 11.7. The van der Waals surface area contributed by atoms with Gasteiger partial charge in [0.15, 0.2) is 0 Å². The molecule has 0 aliphatic rings. The van der Waals surface area contributed by atoms with E-state index in [0.29, 0.717) is 28.3 Å². The van der Waals surface area contributed by atoms with Crippen LogP contribution in [0.25, 0.3) is 0 Å². The quantitative estimate of drug-likeness (QED) is 0.663. The van der Waals surface area contributed by atoms with Crippen molar-refractivity contribution in [3.05, 3.63) is 48.7 Å². The van der Waals surface area contributed by atoms with E-state index in [1.165, 1.54) is 18.0 Å². The average molecular weight is 342 g/mol. The maximum absolute atomic E-state index is 12.0. The Hall–Kier alpha value is -2.94. The zero-order chi connectivity index (χ0) is 16.8. The van der Waals surface area contributed by atoms with E-state index in [4.69, 9.17) is 4.74 Å². The molecule has 2 heterocycles. The van der Waals surface area contributed by atoms with Gasteiger partial charge in [-0.15, -0.1) is 5.10 Å². The summed E-state index contributed by atoms with van der Waals surface area (Å²) in [5.74, 6) is 1.72. The van der Waals surface area contributed by atoms with Crippen LogP contribution >= 0.6 is 11.8 Å². The van der Waals surface area contributed by atoms with Crippen LogP contribution in [0.4, 0.5) is 5.69 Å². The van der Waals surface area contributed by atoms with Gasteiger partial charge in [0, 0.05) is 24.1 Å². The van der Waals surface area contributed by atoms with Crippen LogP contribution in [0.2, 0.25) is 0 Å². The van der Waals surface area contributed by atoms with Crippen molar-refractivity contribution < 1.29 is 9.53 Å². The minimum absolute atomic E-state index is 0.154. The van der Waals surface area contributed by atoms with Crippen LogP contribution < -0.4 is 10.1 Å². The summed E-state index contributed by atoms with van der Waals surface area (Å²) in [5.41, 5.74) is 0.633. The number of benzene rings is 1. The third kappa shape index (κ3) is 4.53. The van der Waals surface area contributed by atoms with Crippen LogP contribution in [-0.2, 0) is 4.79 Å². The Morgan fingerprint density at radius 3 is 3.04 bits per heavy atom. The van der Waals surface area contributed by atoms with Crippen molar-refractivity contribution in [1.82, 2.24) is 25.1 Å². The van der Waals surface area contributed by atoms with E-state index in [0.717, 1.165) is 0 Å². The number of hydrogen-bond acceptors (Lipinski definition) is 7. The second kappa shape index (κ2) is 7.55. The summed E-state index contributed by atoms with van der Waals surface area (Å²) in [6.07, 6.45) is 4.63. The Balaban J connectivity index is 1.56. The highest BCUT2D eigenvalue weighted by Crippen LogP contribution is 2.22. The van der Waals surface area contributed by atoms with Gasteiger partial charge in [-0.1, -0.05) is 17.8 Å². The number of ether oxygens (including phenoxy) is 1. The third-order valence-electron chi connectivity index (χ3n) is 2.79. The Morgan fingerprint density at radius 1 is 1.38 bits per heavy atom. The van der Waals surface area contributed by atoms with E-state index in [2.05, 4.69) is 30.5 Å². The number of carbonyl (C=O) groups excluding carboxylic acids is 1. The molecule has 24 heavy (non-hydrogen) atoms. The molecule has 1 aromatic carbocycles. The molecule has 122 valence electrons. The van der Waals surface area contributed by atoms with Crippen molar-refractivity contribution in [3.63, 3.8) is 0 Å². The van der Waals surface area contributed by atoms with Crippen LogP contribution in [0.5, 0.6) is 11.6 Å². The molecule has 0 atom stereocenters. The number of anilines is 1. The van der Waals surface area contributed by atoms with Gasteiger partial charge in [-0.05, 0) is 19.1 Å². The smallest absolute Gasteiger partial charge is 0.237 e. The lowest BCUT2D eigenvalue weighted by molar-refractivity contribution is -0.113. The largest absolute Gasteiger partial charge is 0.437 e. The van der Waals surface area contributed by atoms with Gasteiger partial charge >= 0.3 is 0 Å². The first kappa shape index (κ1) is 15.9. The van der Waals surface area contributed by atoms with Crippen LogP contribution in [0.1, 0.15) is 5.82 Å². The number of hydrogen-bond donors (Lipinski definition) is 2. The summed E-state index contributed by atoms with van der Waals surface area (Å²) >= 11 is 1.26. The highest BCUT2D eigenvalue weighted by Gasteiger charge is 2.08. The number of H-pyrrole nitrogens is 1. The predicted octanol–water partition coefficient (Wildman–Crippen LogP) is 2.43. The molecule has 0 unspecified atom stereocenters. The number of carbonyl (C=O) groups is 1. The lowest BCUT2D eigenvalue weighted by Crippen LogP contribution is -2.14. The topological polar surface area (TPSA) is 106 Å². The molecular formula is C15H14N6O2S. The van der Waals surface area contributed by atoms with E-state index in [1.807, 2.05) is 0 Å². The van der Waals surface area contributed by atoms with Crippen LogP contribution in [0.3, 0.4) is 0 Å². The number of amides is 1. The van der Waals surface area contributed by atoms with Gasteiger partial charge in [0.2, 0.25) is 16.9 Å². The van der Waals surface area contributed by atoms with Gasteiger partial charge in [0.05, 0.1) is 11.9 Å². The van der Waals surface area contributed by atoms with Crippen molar-refractivity contribution in [1.29, 1.82) is 0 Å². The Morgan fingerprint density at radius 2 is 2.29 bits per heavy atom. The summed E-state index contributed by atoms with van der Waals surface area (Å²) in [5, 5.41) is 10.0. The highest BCUT2D eigenvalue weighted by atomic mass is 32.2. The molecule has 0 saturated carbocycles. The van der Waals surface area contributed by atoms with E-state index in [1.54, 1.807) is 43.6 Å². The van der Waals surface area contributed by atoms with E-state index >= 15 is 0 Å². The van der Waals surface area contributed by atoms with Crippen molar-refractivity contribution >= 4 is 23.4 Å². The summed E-state index contributed by atoms with van der Waals surface area (Å²) in [4.78, 5) is 24.1. The predicted molar refractivity (Wildman–Crippen MR) is 89.0 cm³/mol. The van der Waals surface area contributed by atoms with Crippen molar-refractivity contribution in [2.45, 2.75) is 12.1 Å². The van der Waals surface area contributed by atoms with Gasteiger partial charge in [-0.25, -0.2) is 9.97 Å². The van der Waals surface area contributed by atoms with E-state index in [-0.39, 0.29) is 11.7 Å². The summed E-state index contributed by atoms with van der Waals surface area (Å²) in [6.45, 7) is 1.81. The highest BCUT2D eigenvalue weighted by molar-refractivity contribution is 7.99. The fourth-order valence-electron chi connectivity index (χ4n) is 1.81. The normalized spacial score (nSPS) is 10.4. The maximum Gasteiger partial charge on any atom is 0.237 e. The Labute approximate surface area is 142 Å². The van der Waals surface area contributed by atoms with Crippen molar-refractivity contribution in [2.75, 3.05) is 11.1 Å². The monoisotopic (exact) mass is 342 g/mol. The van der Waals surface area contributed by atoms with Crippen LogP contribution in [0.15, 0.2) is 48.0 Å². The second-order valence-electron chi connectivity index (χ2n) is 4.71. The SMILES string of the molecule is Cc1nc(SCC(=O)Nc2cccc(Oc3cnccn3)c2)n[nH]1. The van der Waals surface area contributed by atoms with E-state index in [9.17, 15) is 4.79 Å². The molecule has 0 aliphatic carbocycles. The van der Waals surface area contributed by atoms with Gasteiger partial charge < -0.3 is 10.1 Å². The molecule has 2 aromatic heterocycles. The standard InChI is InChI=1S/C15H14N6O2S/c1-10-18-15(21-20-10)24-9-13(22)19-11-3-2-4-12(7-11)23-14-8-16-5-6-17-14/h2-8H,9H2,1H3,(H,19,22)(H,18,20,21). The summed E-state index contributed by atoms with van der Waals surface area (Å²) in [6, 6.07) is 7.06. The molecule has 9 heteroatoms. The molecule has 2 N–H and O–H groups in total. The molecule has 1 amide bonds. The van der Waals surface area contributed by atoms with E-state index < -0.39 is 0 Å². The van der Waals surface area contributed by atoms with Gasteiger partial charge in [-0.2, -0.15) is 0 Å². The number of aryl methyl sites for hydroxylation is 1. The average Bonchev–Trinajstić information content (AvgIpc) is 3.00. The number of nitrogens with one attached hydrogen (secondary N) is 2. The molecule has 0 spiro atoms.